The Hall–Kier alpha value is -1.18. The fourth-order valence-electron chi connectivity index (χ4n) is 8.33. The van der Waals surface area contributed by atoms with Crippen molar-refractivity contribution >= 4 is 11.6 Å². The minimum Gasteiger partial charge on any atom is -0.299 e. The fourth-order valence-corrected chi connectivity index (χ4v) is 8.33. The average Bonchev–Trinajstić information content (AvgIpc) is 3.23. The molecule has 5 aliphatic rings. The minimum absolute atomic E-state index is 0.00349. The van der Waals surface area contributed by atoms with Crippen molar-refractivity contribution in [3.63, 3.8) is 0 Å². The SMILES string of the molecule is C=C1C[C@@H]2[C@H](CC[C@@]3(C)[C@H]2C[C@H]2C[C@]23C(C)=O)[C@@]2(C)CCC(=O)C=C12. The van der Waals surface area contributed by atoms with Crippen molar-refractivity contribution in [2.45, 2.75) is 65.7 Å². The molecule has 0 saturated heterocycles. The maximum absolute atomic E-state index is 12.6. The van der Waals surface area contributed by atoms with Crippen LogP contribution in [0.3, 0.4) is 0 Å². The normalized spacial score (nSPS) is 53.3. The highest BCUT2D eigenvalue weighted by Gasteiger charge is 2.76. The lowest BCUT2D eigenvalue weighted by Gasteiger charge is -2.59. The number of Topliss-reactive ketones (excluding diaryl/α,β-unsaturated/α-hetero) is 1. The summed E-state index contributed by atoms with van der Waals surface area (Å²) in [5.74, 6) is 3.37. The van der Waals surface area contributed by atoms with Crippen LogP contribution in [0.15, 0.2) is 23.8 Å². The highest BCUT2D eigenvalue weighted by atomic mass is 16.1. The van der Waals surface area contributed by atoms with Crippen molar-refractivity contribution in [1.29, 1.82) is 0 Å². The molecule has 2 heteroatoms. The van der Waals surface area contributed by atoms with Gasteiger partial charge < -0.3 is 0 Å². The predicted molar refractivity (Wildman–Crippen MR) is 97.8 cm³/mol. The zero-order chi connectivity index (χ0) is 17.8. The van der Waals surface area contributed by atoms with Crippen LogP contribution >= 0.6 is 0 Å². The highest BCUT2D eigenvalue weighted by Crippen LogP contribution is 2.80. The summed E-state index contributed by atoms with van der Waals surface area (Å²) < 4.78 is 0. The molecule has 0 aliphatic heterocycles. The van der Waals surface area contributed by atoms with E-state index in [0.717, 1.165) is 19.3 Å². The van der Waals surface area contributed by atoms with Crippen molar-refractivity contribution in [3.8, 4) is 0 Å². The lowest BCUT2D eigenvalue weighted by molar-refractivity contribution is -0.132. The van der Waals surface area contributed by atoms with E-state index in [-0.39, 0.29) is 22.0 Å². The minimum atomic E-state index is 0.00349. The maximum Gasteiger partial charge on any atom is 0.156 e. The Bertz CT molecular complexity index is 745. The Kier molecular flexibility index (Phi) is 2.92. The molecule has 5 rings (SSSR count). The molecule has 2 nitrogen and oxygen atoms in total. The second-order valence-electron chi connectivity index (χ2n) is 10.2. The van der Waals surface area contributed by atoms with Crippen LogP contribution in [-0.2, 0) is 9.59 Å². The van der Waals surface area contributed by atoms with E-state index in [1.165, 1.54) is 30.4 Å². The Morgan fingerprint density at radius 1 is 1.24 bits per heavy atom. The van der Waals surface area contributed by atoms with Gasteiger partial charge >= 0.3 is 0 Å². The monoisotopic (exact) mass is 338 g/mol. The van der Waals surface area contributed by atoms with E-state index in [1.54, 1.807) is 0 Å². The number of carbonyl (C=O) groups is 2. The molecule has 0 unspecified atom stereocenters. The number of allylic oxidation sites excluding steroid dienone is 2. The van der Waals surface area contributed by atoms with Crippen LogP contribution in [0.2, 0.25) is 0 Å². The molecular weight excluding hydrogens is 308 g/mol. The van der Waals surface area contributed by atoms with E-state index in [2.05, 4.69) is 20.4 Å². The van der Waals surface area contributed by atoms with E-state index in [1.807, 2.05) is 13.0 Å². The highest BCUT2D eigenvalue weighted by molar-refractivity contribution is 5.92. The van der Waals surface area contributed by atoms with Crippen LogP contribution in [0.25, 0.3) is 0 Å². The zero-order valence-corrected chi connectivity index (χ0v) is 15.9. The summed E-state index contributed by atoms with van der Waals surface area (Å²) in [6.07, 6.45) is 9.44. The van der Waals surface area contributed by atoms with Gasteiger partial charge in [-0.25, -0.2) is 0 Å². The predicted octanol–water partition coefficient (Wildman–Crippen LogP) is 4.89. The van der Waals surface area contributed by atoms with Gasteiger partial charge in [-0.2, -0.15) is 0 Å². The first kappa shape index (κ1) is 16.0. The van der Waals surface area contributed by atoms with E-state index in [4.69, 9.17) is 0 Å². The first-order valence-electron chi connectivity index (χ1n) is 10.2. The molecule has 0 aromatic heterocycles. The number of hydrogen-bond acceptors (Lipinski definition) is 2. The number of hydrogen-bond donors (Lipinski definition) is 0. The standard InChI is InChI=1S/C23H30O2/c1-13-9-17-18(21(3)7-5-16(25)11-19(13)21)6-8-22(4)20(17)10-15-12-23(15,22)14(2)24/h11,15,17-18,20H,1,5-10,12H2,2-4H3/t15-,17+,18-,20-,21+,22-,23-/m0/s1. The summed E-state index contributed by atoms with van der Waals surface area (Å²) in [7, 11) is 0. The van der Waals surface area contributed by atoms with Crippen LogP contribution in [-0.4, -0.2) is 11.6 Å². The largest absolute Gasteiger partial charge is 0.299 e. The number of ketones is 2. The van der Waals surface area contributed by atoms with Crippen LogP contribution in [0.4, 0.5) is 0 Å². The molecule has 0 aromatic carbocycles. The van der Waals surface area contributed by atoms with E-state index in [0.29, 0.717) is 35.9 Å². The van der Waals surface area contributed by atoms with Gasteiger partial charge in [0.25, 0.3) is 0 Å². The van der Waals surface area contributed by atoms with Crippen molar-refractivity contribution in [3.05, 3.63) is 23.8 Å². The van der Waals surface area contributed by atoms with Crippen LogP contribution in [0.1, 0.15) is 65.7 Å². The number of carbonyl (C=O) groups excluding carboxylic acids is 2. The van der Waals surface area contributed by atoms with Crippen LogP contribution < -0.4 is 0 Å². The molecule has 7 atom stereocenters. The van der Waals surface area contributed by atoms with Gasteiger partial charge in [0, 0.05) is 11.8 Å². The molecule has 0 amide bonds. The lowest BCUT2D eigenvalue weighted by Crippen LogP contribution is -2.52. The van der Waals surface area contributed by atoms with E-state index < -0.39 is 0 Å². The summed E-state index contributed by atoms with van der Waals surface area (Å²) in [5.41, 5.74) is 2.80. The third kappa shape index (κ3) is 1.68. The first-order chi connectivity index (χ1) is 11.7. The van der Waals surface area contributed by atoms with Crippen LogP contribution in [0.5, 0.6) is 0 Å². The number of fused-ring (bicyclic) bond motifs is 7. The molecule has 0 aromatic rings. The third-order valence-electron chi connectivity index (χ3n) is 9.61. The van der Waals surface area contributed by atoms with Gasteiger partial charge in [-0.15, -0.1) is 0 Å². The molecule has 0 heterocycles. The lowest BCUT2D eigenvalue weighted by atomic mass is 9.45. The zero-order valence-electron chi connectivity index (χ0n) is 15.9. The molecular formula is C23H30O2. The molecule has 0 N–H and O–H groups in total. The summed E-state index contributed by atoms with van der Waals surface area (Å²) in [6, 6.07) is 0. The topological polar surface area (TPSA) is 34.1 Å². The Morgan fingerprint density at radius 2 is 2.00 bits per heavy atom. The summed E-state index contributed by atoms with van der Waals surface area (Å²) in [4.78, 5) is 24.6. The van der Waals surface area contributed by atoms with E-state index in [9.17, 15) is 9.59 Å². The van der Waals surface area contributed by atoms with Gasteiger partial charge in [0.15, 0.2) is 5.78 Å². The van der Waals surface area contributed by atoms with Gasteiger partial charge in [-0.1, -0.05) is 26.0 Å². The average molecular weight is 338 g/mol. The summed E-state index contributed by atoms with van der Waals surface area (Å²) in [5, 5.41) is 0. The molecule has 4 fully saturated rings. The van der Waals surface area contributed by atoms with E-state index >= 15 is 0 Å². The Morgan fingerprint density at radius 3 is 2.72 bits per heavy atom. The smallest absolute Gasteiger partial charge is 0.156 e. The first-order valence-corrected chi connectivity index (χ1v) is 10.2. The molecule has 134 valence electrons. The molecule has 0 bridgehead atoms. The molecule has 25 heavy (non-hydrogen) atoms. The van der Waals surface area contributed by atoms with Gasteiger partial charge in [-0.3, -0.25) is 9.59 Å². The molecule has 5 aliphatic carbocycles. The second-order valence-corrected chi connectivity index (χ2v) is 10.2. The third-order valence-corrected chi connectivity index (χ3v) is 9.61. The van der Waals surface area contributed by atoms with Crippen molar-refractivity contribution in [1.82, 2.24) is 0 Å². The van der Waals surface area contributed by atoms with Crippen molar-refractivity contribution in [2.24, 2.45) is 39.9 Å². The molecule has 0 spiro atoms. The van der Waals surface area contributed by atoms with Crippen molar-refractivity contribution < 1.29 is 9.59 Å². The summed E-state index contributed by atoms with van der Waals surface area (Å²) >= 11 is 0. The van der Waals surface area contributed by atoms with Crippen molar-refractivity contribution in [2.75, 3.05) is 0 Å². The molecule has 4 saturated carbocycles. The van der Waals surface area contributed by atoms with Gasteiger partial charge in [0.2, 0.25) is 0 Å². The second kappa shape index (κ2) is 4.56. The van der Waals surface area contributed by atoms with Crippen LogP contribution in [0, 0.1) is 39.9 Å². The Labute approximate surface area is 151 Å². The van der Waals surface area contributed by atoms with Gasteiger partial charge in [0.05, 0.1) is 0 Å². The fraction of sp³-hybridized carbons (Fsp3) is 0.739. The Balaban J connectivity index is 1.56. The quantitative estimate of drug-likeness (QED) is 0.682. The van der Waals surface area contributed by atoms with Gasteiger partial charge in [0.1, 0.15) is 5.78 Å². The summed E-state index contributed by atoms with van der Waals surface area (Å²) in [6.45, 7) is 11.1. The molecule has 0 radical (unpaired) electrons. The number of rotatable bonds is 1. The van der Waals surface area contributed by atoms with Gasteiger partial charge in [-0.05, 0) is 91.6 Å². The maximum atomic E-state index is 12.6.